The molecular formula is C36H34N8O6S. The number of rotatable bonds is 13. The molecule has 51 heavy (non-hydrogen) atoms. The van der Waals surface area contributed by atoms with Crippen LogP contribution in [-0.4, -0.2) is 63.6 Å². The fourth-order valence-corrected chi connectivity index (χ4v) is 5.67. The maximum atomic E-state index is 13.8. The Labute approximate surface area is 295 Å². The Bertz CT molecular complexity index is 2190. The Balaban J connectivity index is 1.33. The highest BCUT2D eigenvalue weighted by molar-refractivity contribution is 7.92. The minimum absolute atomic E-state index is 0.000604. The van der Waals surface area contributed by atoms with Gasteiger partial charge in [0.25, 0.3) is 15.9 Å². The summed E-state index contributed by atoms with van der Waals surface area (Å²) in [6.45, 7) is 6.06. The Morgan fingerprint density at radius 3 is 2.04 bits per heavy atom. The molecule has 0 amide bonds. The number of aromatic nitrogens is 7. The molecule has 0 radical (unpaired) electrons. The molecule has 0 spiro atoms. The van der Waals surface area contributed by atoms with Crippen LogP contribution in [0.3, 0.4) is 0 Å². The summed E-state index contributed by atoms with van der Waals surface area (Å²) in [7, 11) is -2.71. The van der Waals surface area contributed by atoms with Gasteiger partial charge in [-0.05, 0) is 53.4 Å². The van der Waals surface area contributed by atoms with Gasteiger partial charge in [-0.15, -0.1) is 0 Å². The Hall–Kier alpha value is -6.22. The zero-order chi connectivity index (χ0) is 35.8. The third kappa shape index (κ3) is 8.51. The van der Waals surface area contributed by atoms with E-state index in [0.717, 1.165) is 16.8 Å². The maximum Gasteiger partial charge on any atom is 0.316 e. The highest BCUT2D eigenvalue weighted by Crippen LogP contribution is 2.41. The molecule has 1 N–H and O–H groups in total. The van der Waals surface area contributed by atoms with Crippen LogP contribution in [0.15, 0.2) is 109 Å². The quantitative estimate of drug-likeness (QED) is 0.136. The van der Waals surface area contributed by atoms with Gasteiger partial charge in [0.05, 0.1) is 17.7 Å². The van der Waals surface area contributed by atoms with Crippen LogP contribution in [-0.2, 0) is 15.4 Å². The van der Waals surface area contributed by atoms with E-state index in [4.69, 9.17) is 18.9 Å². The average Bonchev–Trinajstić information content (AvgIpc) is 3.15. The van der Waals surface area contributed by atoms with Crippen molar-refractivity contribution in [1.82, 2.24) is 34.9 Å². The molecular weight excluding hydrogens is 673 g/mol. The van der Waals surface area contributed by atoms with Crippen molar-refractivity contribution >= 4 is 15.8 Å². The van der Waals surface area contributed by atoms with Gasteiger partial charge in [0.2, 0.25) is 11.6 Å². The molecule has 2 aromatic carbocycles. The van der Waals surface area contributed by atoms with Crippen LogP contribution in [0.25, 0.3) is 22.9 Å². The van der Waals surface area contributed by atoms with Gasteiger partial charge in [-0.25, -0.2) is 33.3 Å². The number of ether oxygens (including phenoxy) is 4. The van der Waals surface area contributed by atoms with Crippen molar-refractivity contribution in [3.8, 4) is 52.0 Å². The largest absolute Gasteiger partial charge is 0.493 e. The Morgan fingerprint density at radius 1 is 0.706 bits per heavy atom. The Kier molecular flexibility index (Phi) is 10.3. The van der Waals surface area contributed by atoms with Gasteiger partial charge in [-0.1, -0.05) is 51.1 Å². The van der Waals surface area contributed by atoms with Crippen molar-refractivity contribution in [3.63, 3.8) is 0 Å². The summed E-state index contributed by atoms with van der Waals surface area (Å²) in [5.74, 6) is 0.263. The Morgan fingerprint density at radius 2 is 1.37 bits per heavy atom. The number of pyridine rings is 1. The number of hydrogen-bond acceptors (Lipinski definition) is 13. The summed E-state index contributed by atoms with van der Waals surface area (Å²) < 4.78 is 53.7. The zero-order valence-electron chi connectivity index (χ0n) is 28.2. The first-order chi connectivity index (χ1) is 24.6. The number of nitrogens with zero attached hydrogens (tertiary/aromatic N) is 7. The molecule has 0 aliphatic carbocycles. The molecule has 0 fully saturated rings. The smallest absolute Gasteiger partial charge is 0.316 e. The van der Waals surface area contributed by atoms with Gasteiger partial charge in [0.1, 0.15) is 13.2 Å². The third-order valence-electron chi connectivity index (χ3n) is 7.29. The molecule has 0 atom stereocenters. The van der Waals surface area contributed by atoms with Gasteiger partial charge in [0, 0.05) is 36.5 Å². The van der Waals surface area contributed by atoms with E-state index >= 15 is 0 Å². The summed E-state index contributed by atoms with van der Waals surface area (Å²) in [6.07, 6.45) is 7.93. The second-order valence-corrected chi connectivity index (χ2v) is 13.6. The average molecular weight is 707 g/mol. The van der Waals surface area contributed by atoms with Crippen molar-refractivity contribution < 1.29 is 27.4 Å². The first-order valence-corrected chi connectivity index (χ1v) is 17.2. The fourth-order valence-electron chi connectivity index (χ4n) is 4.66. The van der Waals surface area contributed by atoms with E-state index in [-0.39, 0.29) is 64.4 Å². The van der Waals surface area contributed by atoms with Crippen LogP contribution >= 0.6 is 0 Å². The molecule has 15 heteroatoms. The second kappa shape index (κ2) is 15.1. The van der Waals surface area contributed by atoms with E-state index in [9.17, 15) is 8.42 Å². The third-order valence-corrected chi connectivity index (χ3v) is 8.64. The molecule has 0 aliphatic heterocycles. The second-order valence-electron chi connectivity index (χ2n) is 11.9. The van der Waals surface area contributed by atoms with Crippen LogP contribution in [0, 0.1) is 0 Å². The number of nitrogens with one attached hydrogen (secondary N) is 1. The molecule has 0 saturated heterocycles. The lowest BCUT2D eigenvalue weighted by atomic mass is 9.87. The van der Waals surface area contributed by atoms with Crippen LogP contribution in [0.1, 0.15) is 26.3 Å². The highest BCUT2D eigenvalue weighted by Gasteiger charge is 2.26. The van der Waals surface area contributed by atoms with E-state index in [1.165, 1.54) is 31.6 Å². The minimum atomic E-state index is -4.20. The lowest BCUT2D eigenvalue weighted by Gasteiger charge is -2.20. The highest BCUT2D eigenvalue weighted by atomic mass is 32.2. The van der Waals surface area contributed by atoms with Crippen molar-refractivity contribution in [2.24, 2.45) is 0 Å². The summed E-state index contributed by atoms with van der Waals surface area (Å²) in [5, 5.41) is 0. The predicted molar refractivity (Wildman–Crippen MR) is 188 cm³/mol. The number of para-hydroxylation sites is 2. The number of methoxy groups -OCH3 is 1. The van der Waals surface area contributed by atoms with Crippen LogP contribution < -0.4 is 23.7 Å². The van der Waals surface area contributed by atoms with E-state index in [1.54, 1.807) is 61.1 Å². The molecule has 0 saturated carbocycles. The molecule has 14 nitrogen and oxygen atoms in total. The summed E-state index contributed by atoms with van der Waals surface area (Å²) >= 11 is 0. The van der Waals surface area contributed by atoms with Crippen LogP contribution in [0.5, 0.6) is 29.1 Å². The maximum absolute atomic E-state index is 13.8. The summed E-state index contributed by atoms with van der Waals surface area (Å²) in [5.41, 5.74) is 2.26. The van der Waals surface area contributed by atoms with E-state index < -0.39 is 10.0 Å². The van der Waals surface area contributed by atoms with Gasteiger partial charge in [-0.3, -0.25) is 9.71 Å². The van der Waals surface area contributed by atoms with Crippen molar-refractivity contribution in [2.45, 2.75) is 31.1 Å². The number of hydrogen-bond donors (Lipinski definition) is 1. The molecule has 260 valence electrons. The molecule has 6 rings (SSSR count). The molecule has 4 aromatic heterocycles. The minimum Gasteiger partial charge on any atom is -0.493 e. The first kappa shape index (κ1) is 34.6. The van der Waals surface area contributed by atoms with Crippen molar-refractivity contribution in [1.29, 1.82) is 0 Å². The summed E-state index contributed by atoms with van der Waals surface area (Å²) in [6, 6.07) is 20.8. The monoisotopic (exact) mass is 706 g/mol. The van der Waals surface area contributed by atoms with E-state index in [0.29, 0.717) is 5.75 Å². The van der Waals surface area contributed by atoms with Gasteiger partial charge < -0.3 is 18.9 Å². The molecule has 0 aliphatic rings. The molecule has 6 aromatic rings. The standard InChI is InChI=1S/C36H34N8O6S/c1-36(2,3)25-13-15-26(16-14-25)51(45,46)44-31-30(50-29-12-6-5-11-28(29)47-4)34(43-33(42-31)32-38-18-9-19-39-32)48-20-21-49-35-40-22-24(23-41-35)27-10-7-8-17-37-27/h5-19,22-23H,20-21H2,1-4H3,(H,42,43,44). The zero-order valence-corrected chi connectivity index (χ0v) is 29.0. The predicted octanol–water partition coefficient (Wildman–Crippen LogP) is 6.14. The lowest BCUT2D eigenvalue weighted by Crippen LogP contribution is -2.18. The normalized spacial score (nSPS) is 11.5. The lowest BCUT2D eigenvalue weighted by molar-refractivity contribution is 0.197. The molecule has 0 unspecified atom stereocenters. The van der Waals surface area contributed by atoms with Crippen LogP contribution in [0.4, 0.5) is 5.82 Å². The number of sulfonamides is 1. The number of anilines is 1. The topological polar surface area (TPSA) is 173 Å². The van der Waals surface area contributed by atoms with Crippen LogP contribution in [0.2, 0.25) is 0 Å². The first-order valence-electron chi connectivity index (χ1n) is 15.7. The van der Waals surface area contributed by atoms with E-state index in [1.807, 2.05) is 39.0 Å². The van der Waals surface area contributed by atoms with Crippen molar-refractivity contribution in [2.75, 3.05) is 25.0 Å². The fraction of sp³-hybridized carbons (Fsp3) is 0.194. The SMILES string of the molecule is COc1ccccc1Oc1c(NS(=O)(=O)c2ccc(C(C)(C)C)cc2)nc(-c2ncccn2)nc1OCCOc1ncc(-c2ccccn2)cn1. The number of benzene rings is 2. The van der Waals surface area contributed by atoms with Gasteiger partial charge >= 0.3 is 6.01 Å². The van der Waals surface area contributed by atoms with Crippen molar-refractivity contribution in [3.05, 3.63) is 109 Å². The molecule has 0 bridgehead atoms. The summed E-state index contributed by atoms with van der Waals surface area (Å²) in [4.78, 5) is 30.4. The molecule has 4 heterocycles. The van der Waals surface area contributed by atoms with Gasteiger partial charge in [0.15, 0.2) is 23.1 Å². The van der Waals surface area contributed by atoms with Gasteiger partial charge in [-0.2, -0.15) is 4.98 Å². The van der Waals surface area contributed by atoms with E-state index in [2.05, 4.69) is 39.6 Å².